The van der Waals surface area contributed by atoms with E-state index in [1.165, 1.54) is 12.8 Å². The van der Waals surface area contributed by atoms with Gasteiger partial charge in [-0.1, -0.05) is 13.0 Å². The lowest BCUT2D eigenvalue weighted by molar-refractivity contribution is 0.00931. The van der Waals surface area contributed by atoms with Crippen molar-refractivity contribution < 1.29 is 14.2 Å². The topological polar surface area (TPSA) is 39.7 Å². The fourth-order valence-corrected chi connectivity index (χ4v) is 1.92. The van der Waals surface area contributed by atoms with Gasteiger partial charge in [-0.2, -0.15) is 0 Å². The van der Waals surface area contributed by atoms with E-state index in [-0.39, 0.29) is 0 Å². The normalized spacial score (nSPS) is 14.3. The molecule has 4 heteroatoms. The molecule has 0 aromatic heterocycles. The Labute approximate surface area is 121 Å². The van der Waals surface area contributed by atoms with Crippen LogP contribution in [0.3, 0.4) is 0 Å². The molecule has 0 radical (unpaired) electrons. The van der Waals surface area contributed by atoms with Crippen molar-refractivity contribution >= 4 is 0 Å². The van der Waals surface area contributed by atoms with Gasteiger partial charge in [0.1, 0.15) is 11.5 Å². The highest BCUT2D eigenvalue weighted by molar-refractivity contribution is 5.40. The molecule has 4 nitrogen and oxygen atoms in total. The fourth-order valence-electron chi connectivity index (χ4n) is 1.92. The number of hydrogen-bond donors (Lipinski definition) is 1. The molecule has 0 bridgehead atoms. The summed E-state index contributed by atoms with van der Waals surface area (Å²) in [5.74, 6) is 2.45. The number of nitrogens with one attached hydrogen (secondary N) is 1. The van der Waals surface area contributed by atoms with Gasteiger partial charge in [0.2, 0.25) is 0 Å². The lowest BCUT2D eigenvalue weighted by Gasteiger charge is -2.13. The predicted octanol–water partition coefficient (Wildman–Crippen LogP) is 2.96. The number of hydrogen-bond acceptors (Lipinski definition) is 4. The van der Waals surface area contributed by atoms with E-state index in [4.69, 9.17) is 14.2 Å². The first-order valence-corrected chi connectivity index (χ1v) is 7.44. The summed E-state index contributed by atoms with van der Waals surface area (Å²) in [6, 6.07) is 5.97. The van der Waals surface area contributed by atoms with Gasteiger partial charge >= 0.3 is 0 Å². The lowest BCUT2D eigenvalue weighted by Crippen LogP contribution is -2.10. The summed E-state index contributed by atoms with van der Waals surface area (Å²) >= 11 is 0. The van der Waals surface area contributed by atoms with Gasteiger partial charge in [0.15, 0.2) is 6.79 Å². The van der Waals surface area contributed by atoms with E-state index in [0.29, 0.717) is 6.79 Å². The number of ether oxygens (including phenoxy) is 3. The Bertz CT molecular complexity index is 405. The van der Waals surface area contributed by atoms with E-state index in [1.807, 2.05) is 25.2 Å². The van der Waals surface area contributed by atoms with Crippen molar-refractivity contribution in [2.45, 2.75) is 32.7 Å². The van der Waals surface area contributed by atoms with Gasteiger partial charge < -0.3 is 19.5 Å². The Morgan fingerprint density at radius 3 is 2.80 bits per heavy atom. The molecule has 1 aromatic carbocycles. The van der Waals surface area contributed by atoms with Crippen molar-refractivity contribution in [1.82, 2.24) is 5.32 Å². The fraction of sp³-hybridized carbons (Fsp3) is 0.625. The molecule has 1 fully saturated rings. The summed E-state index contributed by atoms with van der Waals surface area (Å²) in [5, 5.41) is 3.14. The smallest absolute Gasteiger partial charge is 0.189 e. The van der Waals surface area contributed by atoms with Gasteiger partial charge in [-0.25, -0.2) is 0 Å². The number of benzene rings is 1. The van der Waals surface area contributed by atoms with Crippen molar-refractivity contribution in [3.63, 3.8) is 0 Å². The first-order chi connectivity index (χ1) is 9.83. The molecule has 112 valence electrons. The van der Waals surface area contributed by atoms with Gasteiger partial charge in [-0.15, -0.1) is 0 Å². The molecule has 2 rings (SSSR count). The summed E-state index contributed by atoms with van der Waals surface area (Å²) in [7, 11) is 1.93. The Hall–Kier alpha value is -1.26. The van der Waals surface area contributed by atoms with Crippen LogP contribution in [-0.2, 0) is 11.3 Å². The molecule has 0 saturated heterocycles. The molecule has 1 aromatic rings. The maximum atomic E-state index is 5.75. The van der Waals surface area contributed by atoms with Crippen LogP contribution in [0.2, 0.25) is 0 Å². The summed E-state index contributed by atoms with van der Waals surface area (Å²) in [4.78, 5) is 0. The van der Waals surface area contributed by atoms with Crippen LogP contribution in [0.1, 0.15) is 31.7 Å². The molecule has 1 saturated carbocycles. The molecule has 0 heterocycles. The van der Waals surface area contributed by atoms with Gasteiger partial charge in [0.25, 0.3) is 0 Å². The molecule has 20 heavy (non-hydrogen) atoms. The quantitative estimate of drug-likeness (QED) is 0.528. The first-order valence-electron chi connectivity index (χ1n) is 7.44. The molecule has 0 unspecified atom stereocenters. The molecule has 1 aliphatic carbocycles. The molecular formula is C16H25NO3. The van der Waals surface area contributed by atoms with Crippen LogP contribution in [-0.4, -0.2) is 27.1 Å². The molecule has 0 spiro atoms. The first kappa shape index (κ1) is 15.1. The highest BCUT2D eigenvalue weighted by atomic mass is 16.7. The largest absolute Gasteiger partial charge is 0.493 e. The second-order valence-electron chi connectivity index (χ2n) is 5.22. The van der Waals surface area contributed by atoms with Crippen molar-refractivity contribution in [3.05, 3.63) is 23.8 Å². The van der Waals surface area contributed by atoms with E-state index in [0.717, 1.165) is 49.2 Å². The highest BCUT2D eigenvalue weighted by Gasteiger charge is 2.21. The van der Waals surface area contributed by atoms with E-state index in [1.54, 1.807) is 0 Å². The second-order valence-corrected chi connectivity index (χ2v) is 5.22. The van der Waals surface area contributed by atoms with Crippen molar-refractivity contribution in [1.29, 1.82) is 0 Å². The molecule has 0 amide bonds. The minimum atomic E-state index is 0.310. The van der Waals surface area contributed by atoms with Gasteiger partial charge in [0.05, 0.1) is 13.2 Å². The molecule has 1 N–H and O–H groups in total. The zero-order chi connectivity index (χ0) is 14.2. The average Bonchev–Trinajstić information content (AvgIpc) is 3.28. The minimum Gasteiger partial charge on any atom is -0.493 e. The summed E-state index contributed by atoms with van der Waals surface area (Å²) in [6.07, 6.45) is 3.59. The molecule has 0 atom stereocenters. The zero-order valence-corrected chi connectivity index (χ0v) is 12.5. The third kappa shape index (κ3) is 5.02. The minimum absolute atomic E-state index is 0.310. The van der Waals surface area contributed by atoms with Crippen LogP contribution < -0.4 is 14.8 Å². The SMILES string of the molecule is CCCOc1ccc(CNC)c(OCOCC2CC2)c1. The monoisotopic (exact) mass is 279 g/mol. The summed E-state index contributed by atoms with van der Waals surface area (Å²) < 4.78 is 16.9. The van der Waals surface area contributed by atoms with Crippen LogP contribution in [0.25, 0.3) is 0 Å². The van der Waals surface area contributed by atoms with E-state index in [9.17, 15) is 0 Å². The third-order valence-corrected chi connectivity index (χ3v) is 3.23. The second kappa shape index (κ2) is 8.12. The molecule has 1 aliphatic rings. The van der Waals surface area contributed by atoms with Gasteiger partial charge in [-0.3, -0.25) is 0 Å². The van der Waals surface area contributed by atoms with Crippen LogP contribution in [0.5, 0.6) is 11.5 Å². The Kier molecular flexibility index (Phi) is 6.15. The predicted molar refractivity (Wildman–Crippen MR) is 79.2 cm³/mol. The van der Waals surface area contributed by atoms with Crippen molar-refractivity contribution in [3.8, 4) is 11.5 Å². The van der Waals surface area contributed by atoms with E-state index in [2.05, 4.69) is 12.2 Å². The van der Waals surface area contributed by atoms with Crippen LogP contribution in [0, 0.1) is 5.92 Å². The summed E-state index contributed by atoms with van der Waals surface area (Å²) in [6.45, 7) is 4.71. The van der Waals surface area contributed by atoms with Crippen molar-refractivity contribution in [2.75, 3.05) is 27.1 Å². The zero-order valence-electron chi connectivity index (χ0n) is 12.5. The maximum Gasteiger partial charge on any atom is 0.189 e. The third-order valence-electron chi connectivity index (χ3n) is 3.23. The summed E-state index contributed by atoms with van der Waals surface area (Å²) in [5.41, 5.74) is 1.12. The average molecular weight is 279 g/mol. The van der Waals surface area contributed by atoms with E-state index < -0.39 is 0 Å². The lowest BCUT2D eigenvalue weighted by atomic mass is 10.2. The van der Waals surface area contributed by atoms with Crippen LogP contribution in [0.4, 0.5) is 0 Å². The van der Waals surface area contributed by atoms with Crippen molar-refractivity contribution in [2.24, 2.45) is 5.92 Å². The van der Waals surface area contributed by atoms with Gasteiger partial charge in [-0.05, 0) is 38.3 Å². The molecule has 0 aliphatic heterocycles. The molecular weight excluding hydrogens is 254 g/mol. The standard InChI is InChI=1S/C16H25NO3/c1-3-8-19-15-7-6-14(10-17-2)16(9-15)20-12-18-11-13-4-5-13/h6-7,9,13,17H,3-5,8,10-12H2,1-2H3. The Morgan fingerprint density at radius 2 is 2.10 bits per heavy atom. The maximum absolute atomic E-state index is 5.75. The van der Waals surface area contributed by atoms with Crippen LogP contribution in [0.15, 0.2) is 18.2 Å². The van der Waals surface area contributed by atoms with E-state index >= 15 is 0 Å². The highest BCUT2D eigenvalue weighted by Crippen LogP contribution is 2.29. The van der Waals surface area contributed by atoms with Gasteiger partial charge in [0, 0.05) is 18.2 Å². The number of rotatable bonds is 10. The Morgan fingerprint density at radius 1 is 1.25 bits per heavy atom. The van der Waals surface area contributed by atoms with Crippen LogP contribution >= 0.6 is 0 Å². The Balaban J connectivity index is 1.89.